The molecule has 1 saturated heterocycles. The number of Topliss-reactive ketones (excluding diaryl/α,β-unsaturated/α-hetero) is 1. The minimum absolute atomic E-state index is 0.0870. The van der Waals surface area contributed by atoms with Gasteiger partial charge in [0.1, 0.15) is 5.78 Å². The number of carbonyl (C=O) groups excluding carboxylic acids is 1. The van der Waals surface area contributed by atoms with Gasteiger partial charge in [0.05, 0.1) is 4.90 Å². The minimum atomic E-state index is -3.47. The Kier molecular flexibility index (Phi) is 3.65. The van der Waals surface area contributed by atoms with E-state index in [1.807, 2.05) is 6.07 Å². The van der Waals surface area contributed by atoms with E-state index in [9.17, 15) is 13.2 Å². The minimum Gasteiger partial charge on any atom is -0.299 e. The van der Waals surface area contributed by atoms with Crippen LogP contribution in [0.15, 0.2) is 35.2 Å². The van der Waals surface area contributed by atoms with Crippen LogP contribution in [0.25, 0.3) is 0 Å². The van der Waals surface area contributed by atoms with Crippen molar-refractivity contribution < 1.29 is 13.2 Å². The van der Waals surface area contributed by atoms with Gasteiger partial charge in [-0.25, -0.2) is 8.42 Å². The van der Waals surface area contributed by atoms with Crippen LogP contribution in [0.5, 0.6) is 0 Å². The lowest BCUT2D eigenvalue weighted by Crippen LogP contribution is -2.53. The van der Waals surface area contributed by atoms with Gasteiger partial charge in [0.15, 0.2) is 0 Å². The zero-order chi connectivity index (χ0) is 14.2. The number of carbonyl (C=O) groups is 1. The molecular formula is C15H19NO3S. The van der Waals surface area contributed by atoms with E-state index < -0.39 is 10.0 Å². The maximum atomic E-state index is 12.8. The molecule has 1 aromatic carbocycles. The molecule has 5 heteroatoms. The number of rotatable bonds is 2. The third-order valence-electron chi connectivity index (χ3n) is 4.44. The second-order valence-electron chi connectivity index (χ2n) is 5.60. The van der Waals surface area contributed by atoms with Crippen LogP contribution >= 0.6 is 0 Å². The van der Waals surface area contributed by atoms with Crippen LogP contribution in [0.3, 0.4) is 0 Å². The molecule has 108 valence electrons. The van der Waals surface area contributed by atoms with Gasteiger partial charge in [0.2, 0.25) is 10.0 Å². The van der Waals surface area contributed by atoms with E-state index in [-0.39, 0.29) is 17.7 Å². The summed E-state index contributed by atoms with van der Waals surface area (Å²) in [6, 6.07) is 8.41. The normalized spacial score (nSPS) is 28.1. The first-order valence-corrected chi connectivity index (χ1v) is 8.64. The molecule has 2 fully saturated rings. The highest BCUT2D eigenvalue weighted by Crippen LogP contribution is 2.36. The maximum Gasteiger partial charge on any atom is 0.243 e. The first-order chi connectivity index (χ1) is 9.60. The van der Waals surface area contributed by atoms with Gasteiger partial charge >= 0.3 is 0 Å². The first kappa shape index (κ1) is 13.8. The third-order valence-corrected chi connectivity index (χ3v) is 6.38. The van der Waals surface area contributed by atoms with E-state index in [0.717, 1.165) is 25.7 Å². The fourth-order valence-electron chi connectivity index (χ4n) is 3.43. The van der Waals surface area contributed by atoms with Crippen LogP contribution in [-0.2, 0) is 14.8 Å². The van der Waals surface area contributed by atoms with Crippen molar-refractivity contribution >= 4 is 15.8 Å². The number of ketones is 1. The lowest BCUT2D eigenvalue weighted by Gasteiger charge is -2.42. The molecule has 0 bridgehead atoms. The monoisotopic (exact) mass is 293 g/mol. The largest absolute Gasteiger partial charge is 0.299 e. The van der Waals surface area contributed by atoms with Crippen LogP contribution < -0.4 is 0 Å². The summed E-state index contributed by atoms with van der Waals surface area (Å²) >= 11 is 0. The van der Waals surface area contributed by atoms with Gasteiger partial charge in [0.25, 0.3) is 0 Å². The second-order valence-corrected chi connectivity index (χ2v) is 7.49. The molecule has 1 aliphatic carbocycles. The lowest BCUT2D eigenvalue weighted by molar-refractivity contribution is -0.128. The van der Waals surface area contributed by atoms with Crippen LogP contribution in [0, 0.1) is 5.92 Å². The summed E-state index contributed by atoms with van der Waals surface area (Å²) in [5, 5.41) is 0. The van der Waals surface area contributed by atoms with E-state index in [1.165, 1.54) is 0 Å². The molecule has 1 saturated carbocycles. The molecule has 0 unspecified atom stereocenters. The van der Waals surface area contributed by atoms with Gasteiger partial charge in [-0.3, -0.25) is 4.79 Å². The van der Waals surface area contributed by atoms with E-state index in [4.69, 9.17) is 0 Å². The average molecular weight is 293 g/mol. The van der Waals surface area contributed by atoms with Gasteiger partial charge in [-0.15, -0.1) is 0 Å². The SMILES string of the molecule is O=C1CCN(S(=O)(=O)c2ccccc2)[C@@H]2CCCC[C@H]12. The summed E-state index contributed by atoms with van der Waals surface area (Å²) < 4.78 is 27.1. The summed E-state index contributed by atoms with van der Waals surface area (Å²) in [6.07, 6.45) is 4.04. The maximum absolute atomic E-state index is 12.8. The van der Waals surface area contributed by atoms with Crippen molar-refractivity contribution in [2.45, 2.75) is 43.0 Å². The fraction of sp³-hybridized carbons (Fsp3) is 0.533. The Hall–Kier alpha value is -1.20. The van der Waals surface area contributed by atoms with E-state index in [0.29, 0.717) is 17.9 Å². The van der Waals surface area contributed by atoms with Crippen LogP contribution in [0.2, 0.25) is 0 Å². The first-order valence-electron chi connectivity index (χ1n) is 7.20. The van der Waals surface area contributed by atoms with Crippen molar-refractivity contribution in [3.8, 4) is 0 Å². The van der Waals surface area contributed by atoms with Gasteiger partial charge < -0.3 is 0 Å². The number of benzene rings is 1. The molecule has 2 atom stereocenters. The predicted octanol–water partition coefficient (Wildman–Crippen LogP) is 2.21. The molecule has 0 amide bonds. The summed E-state index contributed by atoms with van der Waals surface area (Å²) in [6.45, 7) is 0.331. The van der Waals surface area contributed by atoms with Crippen LogP contribution in [0.4, 0.5) is 0 Å². The molecule has 0 N–H and O–H groups in total. The number of fused-ring (bicyclic) bond motifs is 1. The Bertz CT molecular complexity index is 597. The Balaban J connectivity index is 1.95. The van der Waals surface area contributed by atoms with Gasteiger partial charge in [-0.2, -0.15) is 4.31 Å². The molecule has 4 nitrogen and oxygen atoms in total. The lowest BCUT2D eigenvalue weighted by atomic mass is 9.79. The number of piperidine rings is 1. The molecule has 0 radical (unpaired) electrons. The smallest absolute Gasteiger partial charge is 0.243 e. The Morgan fingerprint density at radius 2 is 1.75 bits per heavy atom. The third kappa shape index (κ3) is 2.29. The summed E-state index contributed by atoms with van der Waals surface area (Å²) in [5.74, 6) is 0.158. The molecule has 2 aliphatic rings. The molecular weight excluding hydrogens is 274 g/mol. The Labute approximate surface area is 119 Å². The summed E-state index contributed by atoms with van der Waals surface area (Å²) in [7, 11) is -3.47. The second kappa shape index (κ2) is 5.30. The number of hydrogen-bond acceptors (Lipinski definition) is 3. The fourth-order valence-corrected chi connectivity index (χ4v) is 5.14. The molecule has 0 spiro atoms. The Morgan fingerprint density at radius 3 is 2.50 bits per heavy atom. The van der Waals surface area contributed by atoms with E-state index in [2.05, 4.69) is 0 Å². The molecule has 1 aromatic rings. The topological polar surface area (TPSA) is 54.5 Å². The standard InChI is InChI=1S/C15H19NO3S/c17-15-10-11-16(14-9-5-4-8-13(14)15)20(18,19)12-6-2-1-3-7-12/h1-3,6-7,13-14H,4-5,8-11H2/t13-,14+/m0/s1. The number of sulfonamides is 1. The van der Waals surface area contributed by atoms with Crippen molar-refractivity contribution in [2.24, 2.45) is 5.92 Å². The van der Waals surface area contributed by atoms with Crippen molar-refractivity contribution in [1.82, 2.24) is 4.31 Å². The average Bonchev–Trinajstić information content (AvgIpc) is 2.48. The summed E-state index contributed by atoms with van der Waals surface area (Å²) in [4.78, 5) is 12.3. The van der Waals surface area contributed by atoms with Crippen molar-refractivity contribution in [3.05, 3.63) is 30.3 Å². The highest BCUT2D eigenvalue weighted by Gasteiger charge is 2.43. The van der Waals surface area contributed by atoms with Gasteiger partial charge in [-0.05, 0) is 25.0 Å². The van der Waals surface area contributed by atoms with Gasteiger partial charge in [0, 0.05) is 24.9 Å². The highest BCUT2D eigenvalue weighted by atomic mass is 32.2. The van der Waals surface area contributed by atoms with Crippen molar-refractivity contribution in [2.75, 3.05) is 6.54 Å². The van der Waals surface area contributed by atoms with Crippen LogP contribution in [0.1, 0.15) is 32.1 Å². The van der Waals surface area contributed by atoms with Gasteiger partial charge in [-0.1, -0.05) is 31.0 Å². The molecule has 1 heterocycles. The number of hydrogen-bond donors (Lipinski definition) is 0. The zero-order valence-corrected chi connectivity index (χ0v) is 12.2. The number of nitrogens with zero attached hydrogens (tertiary/aromatic N) is 1. The molecule has 0 aromatic heterocycles. The highest BCUT2D eigenvalue weighted by molar-refractivity contribution is 7.89. The van der Waals surface area contributed by atoms with Crippen molar-refractivity contribution in [1.29, 1.82) is 0 Å². The van der Waals surface area contributed by atoms with Crippen LogP contribution in [-0.4, -0.2) is 31.1 Å². The van der Waals surface area contributed by atoms with E-state index >= 15 is 0 Å². The molecule has 20 heavy (non-hydrogen) atoms. The predicted molar refractivity (Wildman–Crippen MR) is 75.7 cm³/mol. The zero-order valence-electron chi connectivity index (χ0n) is 11.4. The van der Waals surface area contributed by atoms with Crippen molar-refractivity contribution in [3.63, 3.8) is 0 Å². The van der Waals surface area contributed by atoms with E-state index in [1.54, 1.807) is 28.6 Å². The Morgan fingerprint density at radius 1 is 1.05 bits per heavy atom. The molecule has 1 aliphatic heterocycles. The molecule has 3 rings (SSSR count). The summed E-state index contributed by atoms with van der Waals surface area (Å²) in [5.41, 5.74) is 0. The quantitative estimate of drug-likeness (QED) is 0.840.